The predicted octanol–water partition coefficient (Wildman–Crippen LogP) is 4.07. The number of hydrogen-bond acceptors (Lipinski definition) is 5. The summed E-state index contributed by atoms with van der Waals surface area (Å²) < 4.78 is 5.38. The monoisotopic (exact) mass is 486 g/mol. The highest BCUT2D eigenvalue weighted by molar-refractivity contribution is 5.83. The summed E-state index contributed by atoms with van der Waals surface area (Å²) in [7, 11) is 1.62. The molecule has 186 valence electrons. The van der Waals surface area contributed by atoms with Crippen LogP contribution in [0.15, 0.2) is 79.1 Å². The second kappa shape index (κ2) is 11.9. The molecule has 2 amide bonds. The van der Waals surface area contributed by atoms with Crippen LogP contribution in [0.2, 0.25) is 0 Å². The average Bonchev–Trinajstić information content (AvgIpc) is 3.32. The lowest BCUT2D eigenvalue weighted by atomic mass is 10.0. The van der Waals surface area contributed by atoms with Crippen LogP contribution in [0.25, 0.3) is 10.9 Å². The number of pyridine rings is 1. The highest BCUT2D eigenvalue weighted by Gasteiger charge is 2.26. The Balaban J connectivity index is 1.49. The molecule has 0 aliphatic heterocycles. The minimum absolute atomic E-state index is 0.119. The van der Waals surface area contributed by atoms with Crippen LogP contribution in [0.1, 0.15) is 24.5 Å². The standard InChI is InChI=1S/C28H30N4O4/c1-20(33)32(36-28-13-7-8-16-29-28)23(17-22-18-30-25-11-5-4-10-24(22)25)19-31-27(34)15-14-21-9-3-6-12-26(21)35-2/h3-13,16,18,23,30H,14-15,17,19H2,1-2H3,(H,31,34). The maximum absolute atomic E-state index is 12.8. The third-order valence-electron chi connectivity index (χ3n) is 5.95. The number of carbonyl (C=O) groups is 2. The number of carbonyl (C=O) groups excluding carboxylic acids is 2. The number of aromatic nitrogens is 2. The number of benzene rings is 2. The van der Waals surface area contributed by atoms with Gasteiger partial charge in [0.1, 0.15) is 5.75 Å². The summed E-state index contributed by atoms with van der Waals surface area (Å²) in [5, 5.41) is 5.35. The molecule has 2 heterocycles. The van der Waals surface area contributed by atoms with E-state index in [-0.39, 0.29) is 18.4 Å². The average molecular weight is 487 g/mol. The molecule has 4 rings (SSSR count). The number of nitrogens with one attached hydrogen (secondary N) is 2. The summed E-state index contributed by atoms with van der Waals surface area (Å²) in [6, 6.07) is 20.4. The molecule has 8 heteroatoms. The lowest BCUT2D eigenvalue weighted by Gasteiger charge is -2.29. The molecule has 2 N–H and O–H groups in total. The van der Waals surface area contributed by atoms with Crippen molar-refractivity contribution in [3.8, 4) is 11.6 Å². The molecule has 1 atom stereocenters. The van der Waals surface area contributed by atoms with Crippen molar-refractivity contribution in [2.75, 3.05) is 13.7 Å². The minimum atomic E-state index is -0.459. The molecular weight excluding hydrogens is 456 g/mol. The Hall–Kier alpha value is -4.33. The van der Waals surface area contributed by atoms with Crippen molar-refractivity contribution in [1.82, 2.24) is 20.3 Å². The van der Waals surface area contributed by atoms with Crippen molar-refractivity contribution in [2.24, 2.45) is 0 Å². The molecule has 4 aromatic rings. The van der Waals surface area contributed by atoms with E-state index < -0.39 is 6.04 Å². The van der Waals surface area contributed by atoms with Crippen LogP contribution in [0, 0.1) is 0 Å². The Kier molecular flexibility index (Phi) is 8.18. The molecule has 2 aromatic carbocycles. The first-order valence-corrected chi connectivity index (χ1v) is 11.9. The SMILES string of the molecule is COc1ccccc1CCC(=O)NCC(Cc1c[nH]c2ccccc12)N(Oc1ccccn1)C(C)=O. The number of ether oxygens (including phenoxy) is 1. The second-order valence-electron chi connectivity index (χ2n) is 8.44. The summed E-state index contributed by atoms with van der Waals surface area (Å²) in [6.07, 6.45) is 4.84. The zero-order chi connectivity index (χ0) is 25.3. The quantitative estimate of drug-likeness (QED) is 0.312. The highest BCUT2D eigenvalue weighted by atomic mass is 16.7. The molecule has 0 saturated heterocycles. The van der Waals surface area contributed by atoms with E-state index in [1.165, 1.54) is 12.0 Å². The maximum Gasteiger partial charge on any atom is 0.252 e. The smallest absolute Gasteiger partial charge is 0.252 e. The van der Waals surface area contributed by atoms with Crippen molar-refractivity contribution in [3.05, 3.63) is 90.3 Å². The van der Waals surface area contributed by atoms with Gasteiger partial charge in [-0.05, 0) is 35.7 Å². The Morgan fingerprint density at radius 3 is 2.58 bits per heavy atom. The van der Waals surface area contributed by atoms with Gasteiger partial charge < -0.3 is 19.9 Å². The van der Waals surface area contributed by atoms with Crippen LogP contribution in [-0.2, 0) is 22.4 Å². The fraction of sp³-hybridized carbons (Fsp3) is 0.250. The second-order valence-corrected chi connectivity index (χ2v) is 8.44. The van der Waals surface area contributed by atoms with Crippen molar-refractivity contribution in [1.29, 1.82) is 0 Å². The van der Waals surface area contributed by atoms with Gasteiger partial charge in [-0.3, -0.25) is 9.59 Å². The third-order valence-corrected chi connectivity index (χ3v) is 5.95. The number of methoxy groups -OCH3 is 1. The molecule has 0 radical (unpaired) electrons. The van der Waals surface area contributed by atoms with Gasteiger partial charge >= 0.3 is 0 Å². The van der Waals surface area contributed by atoms with E-state index in [0.29, 0.717) is 25.1 Å². The highest BCUT2D eigenvalue weighted by Crippen LogP contribution is 2.22. The molecule has 2 aromatic heterocycles. The van der Waals surface area contributed by atoms with Gasteiger partial charge in [0.15, 0.2) is 0 Å². The molecule has 0 saturated carbocycles. The van der Waals surface area contributed by atoms with Gasteiger partial charge in [-0.25, -0.2) is 4.98 Å². The molecule has 1 unspecified atom stereocenters. The van der Waals surface area contributed by atoms with Gasteiger partial charge in [0.25, 0.3) is 5.91 Å². The third kappa shape index (κ3) is 6.21. The number of aromatic amines is 1. The van der Waals surface area contributed by atoms with Crippen LogP contribution >= 0.6 is 0 Å². The lowest BCUT2D eigenvalue weighted by molar-refractivity contribution is -0.164. The largest absolute Gasteiger partial charge is 0.496 e. The summed E-state index contributed by atoms with van der Waals surface area (Å²) >= 11 is 0. The van der Waals surface area contributed by atoms with Gasteiger partial charge in [0.05, 0.1) is 13.2 Å². The predicted molar refractivity (Wildman–Crippen MR) is 138 cm³/mol. The first-order valence-electron chi connectivity index (χ1n) is 11.9. The van der Waals surface area contributed by atoms with Gasteiger partial charge in [0.2, 0.25) is 11.8 Å². The van der Waals surface area contributed by atoms with Crippen molar-refractivity contribution in [3.63, 3.8) is 0 Å². The Bertz CT molecular complexity index is 1310. The van der Waals surface area contributed by atoms with Crippen molar-refractivity contribution in [2.45, 2.75) is 32.2 Å². The van der Waals surface area contributed by atoms with E-state index in [4.69, 9.17) is 9.57 Å². The number of nitrogens with zero attached hydrogens (tertiary/aromatic N) is 2. The van der Waals surface area contributed by atoms with Crippen LogP contribution in [0.5, 0.6) is 11.6 Å². The number of rotatable bonds is 11. The van der Waals surface area contributed by atoms with Crippen molar-refractivity contribution < 1.29 is 19.2 Å². The van der Waals surface area contributed by atoms with Gasteiger partial charge in [-0.15, -0.1) is 0 Å². The molecule has 0 spiro atoms. The van der Waals surface area contributed by atoms with E-state index >= 15 is 0 Å². The lowest BCUT2D eigenvalue weighted by Crippen LogP contribution is -2.49. The number of hydrogen-bond donors (Lipinski definition) is 2. The van der Waals surface area contributed by atoms with E-state index in [1.807, 2.05) is 54.7 Å². The topological polar surface area (TPSA) is 96.6 Å². The molecule has 0 aliphatic rings. The zero-order valence-corrected chi connectivity index (χ0v) is 20.4. The Morgan fingerprint density at radius 2 is 1.81 bits per heavy atom. The Morgan fingerprint density at radius 1 is 1.03 bits per heavy atom. The van der Waals surface area contributed by atoms with E-state index in [2.05, 4.69) is 15.3 Å². The number of H-pyrrole nitrogens is 1. The van der Waals surface area contributed by atoms with E-state index in [1.54, 1.807) is 31.5 Å². The van der Waals surface area contributed by atoms with Crippen LogP contribution < -0.4 is 14.9 Å². The zero-order valence-electron chi connectivity index (χ0n) is 20.4. The number of fused-ring (bicyclic) bond motifs is 1. The molecule has 0 aliphatic carbocycles. The van der Waals surface area contributed by atoms with Crippen molar-refractivity contribution >= 4 is 22.7 Å². The van der Waals surface area contributed by atoms with Crippen LogP contribution in [0.3, 0.4) is 0 Å². The molecule has 36 heavy (non-hydrogen) atoms. The van der Waals surface area contributed by atoms with Crippen LogP contribution in [-0.4, -0.2) is 46.5 Å². The summed E-state index contributed by atoms with van der Waals surface area (Å²) in [5.41, 5.74) is 3.00. The molecular formula is C28H30N4O4. The van der Waals surface area contributed by atoms with E-state index in [9.17, 15) is 9.59 Å². The fourth-order valence-corrected chi connectivity index (χ4v) is 4.17. The number of hydroxylamine groups is 2. The molecule has 0 fully saturated rings. The number of para-hydroxylation sites is 2. The number of aryl methyl sites for hydroxylation is 1. The first-order chi connectivity index (χ1) is 17.5. The summed E-state index contributed by atoms with van der Waals surface area (Å²) in [4.78, 5) is 38.8. The van der Waals surface area contributed by atoms with E-state index in [0.717, 1.165) is 27.8 Å². The van der Waals surface area contributed by atoms with Crippen LogP contribution in [0.4, 0.5) is 0 Å². The van der Waals surface area contributed by atoms with Gasteiger partial charge in [-0.2, -0.15) is 5.06 Å². The Labute approximate surface area is 210 Å². The molecule has 8 nitrogen and oxygen atoms in total. The summed E-state index contributed by atoms with van der Waals surface area (Å²) in [6.45, 7) is 1.66. The molecule has 0 bridgehead atoms. The first kappa shape index (κ1) is 24.8. The summed E-state index contributed by atoms with van der Waals surface area (Å²) in [5.74, 6) is 0.660. The van der Waals surface area contributed by atoms with Gasteiger partial charge in [0, 0.05) is 55.7 Å². The maximum atomic E-state index is 12.8. The number of amides is 2. The minimum Gasteiger partial charge on any atom is -0.496 e. The fourth-order valence-electron chi connectivity index (χ4n) is 4.17. The normalized spacial score (nSPS) is 11.6. The van der Waals surface area contributed by atoms with Gasteiger partial charge in [-0.1, -0.05) is 42.5 Å².